The Hall–Kier alpha value is -0.610. The third kappa shape index (κ3) is 3.96. The van der Waals surface area contributed by atoms with Crippen molar-refractivity contribution in [1.29, 1.82) is 0 Å². The van der Waals surface area contributed by atoms with Crippen LogP contribution in [0.25, 0.3) is 0 Å². The van der Waals surface area contributed by atoms with Crippen LogP contribution in [-0.2, 0) is 9.53 Å². The lowest BCUT2D eigenvalue weighted by Gasteiger charge is -2.44. The van der Waals surface area contributed by atoms with Gasteiger partial charge in [-0.05, 0) is 38.3 Å². The number of carbonyl (C=O) groups is 1. The van der Waals surface area contributed by atoms with Gasteiger partial charge in [0.15, 0.2) is 0 Å². The molecule has 0 aromatic rings. The van der Waals surface area contributed by atoms with Gasteiger partial charge in [-0.3, -0.25) is 4.79 Å². The van der Waals surface area contributed by atoms with E-state index in [0.717, 1.165) is 26.1 Å². The highest BCUT2D eigenvalue weighted by Crippen LogP contribution is 2.36. The summed E-state index contributed by atoms with van der Waals surface area (Å²) in [5, 5.41) is 9.03. The second kappa shape index (κ2) is 5.83. The van der Waals surface area contributed by atoms with Crippen LogP contribution in [0.3, 0.4) is 0 Å². The summed E-state index contributed by atoms with van der Waals surface area (Å²) in [4.78, 5) is 13.2. The molecule has 0 aromatic heterocycles. The number of carboxylic acid groups (broad SMARTS) is 1. The predicted molar refractivity (Wildman–Crippen MR) is 67.1 cm³/mol. The molecule has 1 aliphatic rings. The first-order valence-corrected chi connectivity index (χ1v) is 6.30. The van der Waals surface area contributed by atoms with Gasteiger partial charge in [0.1, 0.15) is 0 Å². The Morgan fingerprint density at radius 2 is 1.94 bits per heavy atom. The van der Waals surface area contributed by atoms with Gasteiger partial charge in [0.2, 0.25) is 0 Å². The van der Waals surface area contributed by atoms with Gasteiger partial charge in [0.25, 0.3) is 0 Å². The first kappa shape index (κ1) is 14.5. The first-order chi connectivity index (χ1) is 7.84. The van der Waals surface area contributed by atoms with E-state index in [1.807, 2.05) is 14.1 Å². The van der Waals surface area contributed by atoms with Crippen molar-refractivity contribution in [2.24, 2.45) is 11.3 Å². The van der Waals surface area contributed by atoms with Crippen molar-refractivity contribution >= 4 is 5.97 Å². The molecule has 1 saturated heterocycles. The molecule has 0 amide bonds. The topological polar surface area (TPSA) is 49.8 Å². The normalized spacial score (nSPS) is 20.5. The maximum atomic E-state index is 11.0. The molecule has 1 aliphatic heterocycles. The summed E-state index contributed by atoms with van der Waals surface area (Å²) in [6.07, 6.45) is 2.28. The molecule has 0 aliphatic carbocycles. The van der Waals surface area contributed by atoms with Crippen molar-refractivity contribution in [3.05, 3.63) is 0 Å². The Bertz CT molecular complexity index is 257. The van der Waals surface area contributed by atoms with Crippen molar-refractivity contribution in [3.63, 3.8) is 0 Å². The molecule has 1 rings (SSSR count). The van der Waals surface area contributed by atoms with E-state index < -0.39 is 5.97 Å². The SMILES string of the molecule is CN(C)C(C1CCOCC1)C(C)(C)CC(=O)O. The Morgan fingerprint density at radius 3 is 2.35 bits per heavy atom. The minimum atomic E-state index is -0.714. The molecule has 1 fully saturated rings. The van der Waals surface area contributed by atoms with Crippen LogP contribution in [0.2, 0.25) is 0 Å². The summed E-state index contributed by atoms with van der Waals surface area (Å²) in [7, 11) is 4.09. The van der Waals surface area contributed by atoms with Crippen LogP contribution in [0.1, 0.15) is 33.1 Å². The number of hydrogen-bond donors (Lipinski definition) is 1. The van der Waals surface area contributed by atoms with Crippen molar-refractivity contribution in [3.8, 4) is 0 Å². The molecule has 1 atom stereocenters. The molecule has 100 valence electrons. The molecule has 17 heavy (non-hydrogen) atoms. The van der Waals surface area contributed by atoms with Gasteiger partial charge in [-0.15, -0.1) is 0 Å². The third-order valence-electron chi connectivity index (χ3n) is 3.68. The highest BCUT2D eigenvalue weighted by molar-refractivity contribution is 5.67. The van der Waals surface area contributed by atoms with Crippen LogP contribution in [0.5, 0.6) is 0 Å². The second-order valence-corrected chi connectivity index (χ2v) is 5.92. The van der Waals surface area contributed by atoms with E-state index >= 15 is 0 Å². The van der Waals surface area contributed by atoms with Crippen molar-refractivity contribution < 1.29 is 14.6 Å². The lowest BCUT2D eigenvalue weighted by Crippen LogP contribution is -2.48. The van der Waals surface area contributed by atoms with Gasteiger partial charge in [0.05, 0.1) is 6.42 Å². The van der Waals surface area contributed by atoms with E-state index in [-0.39, 0.29) is 11.8 Å². The van der Waals surface area contributed by atoms with Crippen LogP contribution in [-0.4, -0.2) is 49.3 Å². The molecular formula is C13H25NO3. The molecule has 1 N–H and O–H groups in total. The van der Waals surface area contributed by atoms with Gasteiger partial charge in [-0.25, -0.2) is 0 Å². The van der Waals surface area contributed by atoms with E-state index in [9.17, 15) is 4.79 Å². The molecule has 4 heteroatoms. The lowest BCUT2D eigenvalue weighted by molar-refractivity contribution is -0.141. The van der Waals surface area contributed by atoms with E-state index in [4.69, 9.17) is 9.84 Å². The number of rotatable bonds is 5. The van der Waals surface area contributed by atoms with Crippen molar-refractivity contribution in [2.75, 3.05) is 27.3 Å². The molecule has 0 bridgehead atoms. The molecule has 0 radical (unpaired) electrons. The Balaban J connectivity index is 2.79. The average Bonchev–Trinajstić information content (AvgIpc) is 2.15. The van der Waals surface area contributed by atoms with Gasteiger partial charge in [-0.2, -0.15) is 0 Å². The number of ether oxygens (including phenoxy) is 1. The molecule has 1 heterocycles. The molecule has 0 spiro atoms. The van der Waals surface area contributed by atoms with Crippen LogP contribution in [0.4, 0.5) is 0 Å². The zero-order chi connectivity index (χ0) is 13.1. The van der Waals surface area contributed by atoms with Gasteiger partial charge >= 0.3 is 5.97 Å². The third-order valence-corrected chi connectivity index (χ3v) is 3.68. The summed E-state index contributed by atoms with van der Waals surface area (Å²) >= 11 is 0. The maximum absolute atomic E-state index is 11.0. The minimum Gasteiger partial charge on any atom is -0.481 e. The minimum absolute atomic E-state index is 0.211. The van der Waals surface area contributed by atoms with E-state index in [2.05, 4.69) is 18.7 Å². The van der Waals surface area contributed by atoms with E-state index in [1.165, 1.54) is 0 Å². The summed E-state index contributed by atoms with van der Waals surface area (Å²) in [5.41, 5.74) is -0.211. The summed E-state index contributed by atoms with van der Waals surface area (Å²) in [5.74, 6) is -0.179. The average molecular weight is 243 g/mol. The largest absolute Gasteiger partial charge is 0.481 e. The Morgan fingerprint density at radius 1 is 1.41 bits per heavy atom. The monoisotopic (exact) mass is 243 g/mol. The predicted octanol–water partition coefficient (Wildman–Crippen LogP) is 1.84. The van der Waals surface area contributed by atoms with E-state index in [0.29, 0.717) is 12.0 Å². The fourth-order valence-corrected chi connectivity index (χ4v) is 3.28. The zero-order valence-corrected chi connectivity index (χ0v) is 11.4. The molecule has 0 saturated carbocycles. The molecule has 1 unspecified atom stereocenters. The van der Waals surface area contributed by atoms with Gasteiger partial charge in [0, 0.05) is 19.3 Å². The number of aliphatic carboxylic acids is 1. The molecular weight excluding hydrogens is 218 g/mol. The zero-order valence-electron chi connectivity index (χ0n) is 11.4. The number of carboxylic acids is 1. The fraction of sp³-hybridized carbons (Fsp3) is 0.923. The van der Waals surface area contributed by atoms with Crippen LogP contribution >= 0.6 is 0 Å². The summed E-state index contributed by atoms with van der Waals surface area (Å²) < 4.78 is 5.39. The van der Waals surface area contributed by atoms with Crippen LogP contribution in [0.15, 0.2) is 0 Å². The lowest BCUT2D eigenvalue weighted by atomic mass is 9.72. The van der Waals surface area contributed by atoms with Crippen LogP contribution < -0.4 is 0 Å². The summed E-state index contributed by atoms with van der Waals surface area (Å²) in [6, 6.07) is 0.294. The van der Waals surface area contributed by atoms with Gasteiger partial charge in [-0.1, -0.05) is 13.8 Å². The Labute approximate surface area is 104 Å². The van der Waals surface area contributed by atoms with Crippen molar-refractivity contribution in [2.45, 2.75) is 39.2 Å². The highest BCUT2D eigenvalue weighted by Gasteiger charge is 2.39. The molecule has 0 aromatic carbocycles. The van der Waals surface area contributed by atoms with E-state index in [1.54, 1.807) is 0 Å². The second-order valence-electron chi connectivity index (χ2n) is 5.92. The first-order valence-electron chi connectivity index (χ1n) is 6.30. The summed E-state index contributed by atoms with van der Waals surface area (Å²) in [6.45, 7) is 5.72. The quantitative estimate of drug-likeness (QED) is 0.800. The number of hydrogen-bond acceptors (Lipinski definition) is 3. The maximum Gasteiger partial charge on any atom is 0.303 e. The highest BCUT2D eigenvalue weighted by atomic mass is 16.5. The Kier molecular flexibility index (Phi) is 4.95. The van der Waals surface area contributed by atoms with Gasteiger partial charge < -0.3 is 14.7 Å². The molecule has 4 nitrogen and oxygen atoms in total. The smallest absolute Gasteiger partial charge is 0.303 e. The standard InChI is InChI=1S/C13H25NO3/c1-13(2,9-11(15)16)12(14(3)4)10-5-7-17-8-6-10/h10,12H,5-9H2,1-4H3,(H,15,16). The van der Waals surface area contributed by atoms with Crippen molar-refractivity contribution in [1.82, 2.24) is 4.90 Å². The van der Waals surface area contributed by atoms with Crippen LogP contribution in [0, 0.1) is 11.3 Å². The number of nitrogens with zero attached hydrogens (tertiary/aromatic N) is 1. The fourth-order valence-electron chi connectivity index (χ4n) is 3.28.